The van der Waals surface area contributed by atoms with Gasteiger partial charge in [0.15, 0.2) is 0 Å². The number of carbonyl (C=O) groups excluding carboxylic acids is 1. The molecule has 1 aliphatic rings. The van der Waals surface area contributed by atoms with Crippen LogP contribution in [0.5, 0.6) is 5.75 Å². The lowest BCUT2D eigenvalue weighted by molar-refractivity contribution is -0.131. The van der Waals surface area contributed by atoms with Crippen LogP contribution in [-0.4, -0.2) is 53.7 Å². The molecule has 4 rings (SSSR count). The minimum atomic E-state index is 0.00988. The van der Waals surface area contributed by atoms with E-state index in [0.29, 0.717) is 24.8 Å². The van der Waals surface area contributed by atoms with Gasteiger partial charge in [-0.05, 0) is 55.8 Å². The average molecular weight is 406 g/mol. The van der Waals surface area contributed by atoms with Crippen LogP contribution in [0.15, 0.2) is 53.1 Å². The molecule has 0 spiro atoms. The van der Waals surface area contributed by atoms with Crippen LogP contribution in [0.1, 0.15) is 18.4 Å². The predicted molar refractivity (Wildman–Crippen MR) is 115 cm³/mol. The molecular weight excluding hydrogens is 380 g/mol. The first-order valence-corrected chi connectivity index (χ1v) is 10.1. The summed E-state index contributed by atoms with van der Waals surface area (Å²) in [7, 11) is 1.62. The van der Waals surface area contributed by atoms with Gasteiger partial charge in [0, 0.05) is 36.9 Å². The van der Waals surface area contributed by atoms with Gasteiger partial charge in [-0.3, -0.25) is 4.79 Å². The Balaban J connectivity index is 1.37. The van der Waals surface area contributed by atoms with Gasteiger partial charge in [-0.1, -0.05) is 17.3 Å². The van der Waals surface area contributed by atoms with Gasteiger partial charge in [0.1, 0.15) is 12.2 Å². The topological polar surface area (TPSA) is 71.7 Å². The summed E-state index contributed by atoms with van der Waals surface area (Å²) in [5, 5.41) is 4.01. The van der Waals surface area contributed by atoms with Crippen LogP contribution in [0.3, 0.4) is 0 Å². The highest BCUT2D eigenvalue weighted by Crippen LogP contribution is 2.23. The molecule has 1 saturated heterocycles. The summed E-state index contributed by atoms with van der Waals surface area (Å²) in [5.74, 6) is 1.57. The van der Waals surface area contributed by atoms with Crippen LogP contribution >= 0.6 is 0 Å². The Morgan fingerprint density at radius 1 is 1.20 bits per heavy atom. The number of aromatic nitrogens is 2. The van der Waals surface area contributed by atoms with E-state index >= 15 is 0 Å². The van der Waals surface area contributed by atoms with E-state index in [0.717, 1.165) is 17.9 Å². The number of methoxy groups -OCH3 is 1. The number of benzene rings is 2. The van der Waals surface area contributed by atoms with Gasteiger partial charge in [-0.15, -0.1) is 0 Å². The Labute approximate surface area is 176 Å². The lowest BCUT2D eigenvalue weighted by Gasteiger charge is -2.41. The van der Waals surface area contributed by atoms with Crippen LogP contribution < -0.4 is 9.64 Å². The number of hydrogen-bond acceptors (Lipinski definition) is 6. The van der Waals surface area contributed by atoms with Gasteiger partial charge < -0.3 is 19.1 Å². The van der Waals surface area contributed by atoms with Crippen molar-refractivity contribution in [3.8, 4) is 17.1 Å². The molecule has 0 saturated carbocycles. The van der Waals surface area contributed by atoms with Gasteiger partial charge in [-0.2, -0.15) is 4.98 Å². The van der Waals surface area contributed by atoms with Crippen molar-refractivity contribution in [2.45, 2.75) is 26.3 Å². The number of nitrogens with zero attached hydrogens (tertiary/aromatic N) is 4. The molecule has 0 N–H and O–H groups in total. The molecular formula is C23H26N4O3. The highest BCUT2D eigenvalue weighted by Gasteiger charge is 2.28. The monoisotopic (exact) mass is 406 g/mol. The van der Waals surface area contributed by atoms with Crippen molar-refractivity contribution < 1.29 is 14.1 Å². The lowest BCUT2D eigenvalue weighted by atomic mass is 10.1. The van der Waals surface area contributed by atoms with Crippen LogP contribution in [0.25, 0.3) is 11.4 Å². The van der Waals surface area contributed by atoms with E-state index in [1.165, 1.54) is 11.3 Å². The predicted octanol–water partition coefficient (Wildman–Crippen LogP) is 3.33. The summed E-state index contributed by atoms with van der Waals surface area (Å²) >= 11 is 0. The fourth-order valence-corrected chi connectivity index (χ4v) is 3.80. The quantitative estimate of drug-likeness (QED) is 0.647. The Bertz CT molecular complexity index is 1020. The normalized spacial score (nSPS) is 16.6. The second kappa shape index (κ2) is 8.57. The largest absolute Gasteiger partial charge is 0.497 e. The summed E-state index contributed by atoms with van der Waals surface area (Å²) in [5.41, 5.74) is 3.26. The molecule has 30 heavy (non-hydrogen) atoms. The summed E-state index contributed by atoms with van der Waals surface area (Å²) < 4.78 is 10.5. The van der Waals surface area contributed by atoms with Gasteiger partial charge in [0.25, 0.3) is 0 Å². The van der Waals surface area contributed by atoms with E-state index in [2.05, 4.69) is 53.2 Å². The van der Waals surface area contributed by atoms with Gasteiger partial charge in [0.2, 0.25) is 17.6 Å². The first kappa shape index (κ1) is 19.9. The highest BCUT2D eigenvalue weighted by atomic mass is 16.5. The number of piperazine rings is 1. The summed E-state index contributed by atoms with van der Waals surface area (Å²) in [6.45, 7) is 6.40. The summed E-state index contributed by atoms with van der Waals surface area (Å²) in [4.78, 5) is 21.4. The van der Waals surface area contributed by atoms with E-state index in [4.69, 9.17) is 9.26 Å². The zero-order chi connectivity index (χ0) is 21.1. The van der Waals surface area contributed by atoms with Crippen molar-refractivity contribution in [3.05, 3.63) is 60.0 Å². The minimum absolute atomic E-state index is 0.00988. The van der Waals surface area contributed by atoms with Crippen molar-refractivity contribution in [2.24, 2.45) is 0 Å². The molecule has 7 nitrogen and oxygen atoms in total. The molecule has 1 fully saturated rings. The number of ether oxygens (including phenoxy) is 1. The maximum atomic E-state index is 12.8. The third kappa shape index (κ3) is 4.30. The molecule has 1 atom stereocenters. The Hall–Kier alpha value is -3.35. The second-order valence-electron chi connectivity index (χ2n) is 7.64. The van der Waals surface area contributed by atoms with Crippen LogP contribution in [0.4, 0.5) is 5.69 Å². The molecule has 1 aromatic heterocycles. The fourth-order valence-electron chi connectivity index (χ4n) is 3.80. The highest BCUT2D eigenvalue weighted by molar-refractivity contribution is 5.78. The first-order chi connectivity index (χ1) is 14.5. The zero-order valence-electron chi connectivity index (χ0n) is 17.5. The molecule has 2 heterocycles. The molecule has 3 aromatic rings. The van der Waals surface area contributed by atoms with Crippen molar-refractivity contribution in [3.63, 3.8) is 0 Å². The number of rotatable bonds is 5. The molecule has 1 unspecified atom stereocenters. The maximum absolute atomic E-state index is 12.8. The smallest absolute Gasteiger partial charge is 0.236 e. The average Bonchev–Trinajstić information content (AvgIpc) is 3.22. The van der Waals surface area contributed by atoms with Crippen molar-refractivity contribution in [1.29, 1.82) is 0 Å². The third-order valence-electron chi connectivity index (χ3n) is 5.43. The lowest BCUT2D eigenvalue weighted by Crippen LogP contribution is -2.54. The van der Waals surface area contributed by atoms with E-state index in [1.807, 2.05) is 29.2 Å². The minimum Gasteiger partial charge on any atom is -0.497 e. The molecule has 2 aromatic carbocycles. The number of hydrogen-bond donors (Lipinski definition) is 0. The van der Waals surface area contributed by atoms with Crippen LogP contribution in [0.2, 0.25) is 0 Å². The van der Waals surface area contributed by atoms with E-state index in [9.17, 15) is 4.79 Å². The molecule has 0 radical (unpaired) electrons. The SMILES string of the molecule is COc1ccc(-c2noc(CC(=O)N3CCN(c4cccc(C)c4)C(C)C3)n2)cc1. The van der Waals surface area contributed by atoms with E-state index in [1.54, 1.807) is 7.11 Å². The standard InChI is InChI=1S/C23H26N4O3/c1-16-5-4-6-19(13-16)27-12-11-26(15-17(27)2)22(28)14-21-24-23(25-30-21)18-7-9-20(29-3)10-8-18/h4-10,13,17H,11-12,14-15H2,1-3H3. The van der Waals surface area contributed by atoms with Crippen LogP contribution in [-0.2, 0) is 11.2 Å². The molecule has 0 bridgehead atoms. The van der Waals surface area contributed by atoms with E-state index < -0.39 is 0 Å². The van der Waals surface area contributed by atoms with Crippen molar-refractivity contribution in [2.75, 3.05) is 31.6 Å². The third-order valence-corrected chi connectivity index (χ3v) is 5.43. The number of carbonyl (C=O) groups is 1. The zero-order valence-corrected chi connectivity index (χ0v) is 17.5. The molecule has 0 aliphatic carbocycles. The van der Waals surface area contributed by atoms with Gasteiger partial charge in [-0.25, -0.2) is 0 Å². The number of amides is 1. The molecule has 7 heteroatoms. The Morgan fingerprint density at radius 2 is 2.00 bits per heavy atom. The van der Waals surface area contributed by atoms with Crippen molar-refractivity contribution >= 4 is 11.6 Å². The Kier molecular flexibility index (Phi) is 5.70. The van der Waals surface area contributed by atoms with E-state index in [-0.39, 0.29) is 18.4 Å². The Morgan fingerprint density at radius 3 is 2.70 bits per heavy atom. The molecule has 1 amide bonds. The first-order valence-electron chi connectivity index (χ1n) is 10.1. The van der Waals surface area contributed by atoms with Crippen molar-refractivity contribution in [1.82, 2.24) is 15.0 Å². The molecule has 1 aliphatic heterocycles. The maximum Gasteiger partial charge on any atom is 0.236 e. The summed E-state index contributed by atoms with van der Waals surface area (Å²) in [6, 6.07) is 16.1. The second-order valence-corrected chi connectivity index (χ2v) is 7.64. The van der Waals surface area contributed by atoms with Gasteiger partial charge >= 0.3 is 0 Å². The summed E-state index contributed by atoms with van der Waals surface area (Å²) in [6.07, 6.45) is 0.111. The number of aryl methyl sites for hydroxylation is 1. The fraction of sp³-hybridized carbons (Fsp3) is 0.348. The number of anilines is 1. The van der Waals surface area contributed by atoms with Crippen LogP contribution in [0, 0.1) is 6.92 Å². The van der Waals surface area contributed by atoms with Gasteiger partial charge in [0.05, 0.1) is 7.11 Å². The molecule has 156 valence electrons.